The maximum atomic E-state index is 3.19. The van der Waals surface area contributed by atoms with Crippen LogP contribution in [0.5, 0.6) is 0 Å². The number of hydrogen-bond acceptors (Lipinski definition) is 7. The molecular weight excluding hydrogens is 675 g/mol. The molecule has 0 spiro atoms. The van der Waals surface area contributed by atoms with Crippen LogP contribution in [-0.2, 0) is 0 Å². The minimum atomic E-state index is 0.952. The summed E-state index contributed by atoms with van der Waals surface area (Å²) in [5, 5.41) is 9.50. The predicted octanol–water partition coefficient (Wildman–Crippen LogP) is 11.1. The molecule has 4 aliphatic rings. The Kier molecular flexibility index (Phi) is 18.7. The lowest BCUT2D eigenvalue weighted by molar-refractivity contribution is 0.217. The molecule has 4 saturated heterocycles. The molecular formula is C48H77N7. The van der Waals surface area contributed by atoms with Gasteiger partial charge < -0.3 is 35.6 Å². The molecule has 0 amide bonds. The van der Waals surface area contributed by atoms with E-state index in [1.807, 2.05) is 21.1 Å². The Bertz CT molecular complexity index is 1400. The molecule has 304 valence electrons. The van der Waals surface area contributed by atoms with Crippen molar-refractivity contribution in [3.05, 3.63) is 72.8 Å². The molecule has 7 rings (SSSR count). The van der Waals surface area contributed by atoms with E-state index in [0.717, 1.165) is 11.8 Å². The van der Waals surface area contributed by atoms with Crippen molar-refractivity contribution in [1.82, 2.24) is 4.90 Å². The number of unbranched alkanes of at least 4 members (excludes halogenated alkanes) is 1. The third-order valence-electron chi connectivity index (χ3n) is 12.6. The topological polar surface area (TPSA) is 49.1 Å². The van der Waals surface area contributed by atoms with E-state index in [9.17, 15) is 0 Å². The number of nitrogens with one attached hydrogen (secondary N) is 3. The highest BCUT2D eigenvalue weighted by molar-refractivity contribution is 5.57. The summed E-state index contributed by atoms with van der Waals surface area (Å²) in [7, 11) is 5.90. The second-order valence-electron chi connectivity index (χ2n) is 16.5. The van der Waals surface area contributed by atoms with Crippen molar-refractivity contribution in [2.75, 3.05) is 111 Å². The Hall–Kier alpha value is -3.58. The van der Waals surface area contributed by atoms with Crippen LogP contribution in [0, 0.1) is 11.8 Å². The summed E-state index contributed by atoms with van der Waals surface area (Å²) in [6, 6.07) is 26.4. The van der Waals surface area contributed by atoms with E-state index >= 15 is 0 Å². The van der Waals surface area contributed by atoms with Crippen LogP contribution in [0.25, 0.3) is 0 Å². The van der Waals surface area contributed by atoms with Crippen molar-refractivity contribution in [1.29, 1.82) is 0 Å². The molecule has 3 aromatic rings. The highest BCUT2D eigenvalue weighted by atomic mass is 15.1. The average Bonchev–Trinajstić information content (AvgIpc) is 3.27. The summed E-state index contributed by atoms with van der Waals surface area (Å²) in [6.07, 6.45) is 20.9. The van der Waals surface area contributed by atoms with Gasteiger partial charge in [-0.15, -0.1) is 0 Å². The molecule has 0 aliphatic carbocycles. The molecule has 55 heavy (non-hydrogen) atoms. The SMILES string of the molecule is CCCCC1CCN(c2ccc(NC)cc2)CC1.CNc1ccc(N2CCC(CCCN3CCCCC3)CC2)cc1.CNc1ccc(N2CCCCC2)cc1. The minimum absolute atomic E-state index is 0.952. The van der Waals surface area contributed by atoms with Crippen LogP contribution in [0.3, 0.4) is 0 Å². The van der Waals surface area contributed by atoms with Crippen LogP contribution in [0.15, 0.2) is 72.8 Å². The molecule has 7 nitrogen and oxygen atoms in total. The minimum Gasteiger partial charge on any atom is -0.388 e. The third-order valence-corrected chi connectivity index (χ3v) is 12.6. The second-order valence-corrected chi connectivity index (χ2v) is 16.5. The lowest BCUT2D eigenvalue weighted by atomic mass is 9.91. The number of piperidine rings is 4. The Morgan fingerprint density at radius 1 is 0.436 bits per heavy atom. The number of anilines is 6. The van der Waals surface area contributed by atoms with Crippen LogP contribution in [0.2, 0.25) is 0 Å². The fourth-order valence-electron chi connectivity index (χ4n) is 8.91. The van der Waals surface area contributed by atoms with E-state index in [0.29, 0.717) is 0 Å². The van der Waals surface area contributed by atoms with Crippen LogP contribution in [0.4, 0.5) is 34.1 Å². The van der Waals surface area contributed by atoms with Crippen LogP contribution in [-0.4, -0.2) is 84.9 Å². The van der Waals surface area contributed by atoms with Gasteiger partial charge in [-0.25, -0.2) is 0 Å². The highest BCUT2D eigenvalue weighted by Gasteiger charge is 2.21. The lowest BCUT2D eigenvalue weighted by Gasteiger charge is -2.34. The first-order chi connectivity index (χ1) is 27.1. The van der Waals surface area contributed by atoms with Gasteiger partial charge in [-0.2, -0.15) is 0 Å². The van der Waals surface area contributed by atoms with Gasteiger partial charge in [0.25, 0.3) is 0 Å². The van der Waals surface area contributed by atoms with E-state index in [-0.39, 0.29) is 0 Å². The number of nitrogens with zero attached hydrogens (tertiary/aromatic N) is 4. The number of benzene rings is 3. The quantitative estimate of drug-likeness (QED) is 0.161. The predicted molar refractivity (Wildman–Crippen MR) is 243 cm³/mol. The summed E-state index contributed by atoms with van der Waals surface area (Å²) in [6.45, 7) is 13.7. The fourth-order valence-corrected chi connectivity index (χ4v) is 8.91. The Morgan fingerprint density at radius 3 is 1.15 bits per heavy atom. The van der Waals surface area contributed by atoms with Crippen molar-refractivity contribution >= 4 is 34.1 Å². The van der Waals surface area contributed by atoms with E-state index in [2.05, 4.69) is 115 Å². The van der Waals surface area contributed by atoms with Crippen LogP contribution >= 0.6 is 0 Å². The highest BCUT2D eigenvalue weighted by Crippen LogP contribution is 2.29. The number of likely N-dealkylation sites (tertiary alicyclic amines) is 1. The van der Waals surface area contributed by atoms with Gasteiger partial charge in [0.05, 0.1) is 0 Å². The normalized spacial score (nSPS) is 18.4. The van der Waals surface area contributed by atoms with E-state index in [1.165, 1.54) is 189 Å². The average molecular weight is 752 g/mol. The number of hydrogen-bond donors (Lipinski definition) is 3. The molecule has 0 radical (unpaired) electrons. The van der Waals surface area contributed by atoms with E-state index < -0.39 is 0 Å². The summed E-state index contributed by atoms with van der Waals surface area (Å²) in [4.78, 5) is 10.2. The lowest BCUT2D eigenvalue weighted by Crippen LogP contribution is -2.34. The largest absolute Gasteiger partial charge is 0.388 e. The molecule has 0 bridgehead atoms. The van der Waals surface area contributed by atoms with Gasteiger partial charge in [0, 0.05) is 94.5 Å². The second kappa shape index (κ2) is 24.1. The molecule has 0 atom stereocenters. The smallest absolute Gasteiger partial charge is 0.0367 e. The first-order valence-electron chi connectivity index (χ1n) is 22.4. The van der Waals surface area contributed by atoms with Crippen molar-refractivity contribution in [2.45, 2.75) is 103 Å². The van der Waals surface area contributed by atoms with Gasteiger partial charge in [-0.3, -0.25) is 0 Å². The first-order valence-corrected chi connectivity index (χ1v) is 22.4. The Labute approximate surface area is 336 Å². The van der Waals surface area contributed by atoms with Gasteiger partial charge in [0.1, 0.15) is 0 Å². The van der Waals surface area contributed by atoms with Crippen molar-refractivity contribution in [3.63, 3.8) is 0 Å². The summed E-state index contributed by atoms with van der Waals surface area (Å²) in [5.41, 5.74) is 7.70. The fraction of sp³-hybridized carbons (Fsp3) is 0.625. The Morgan fingerprint density at radius 2 is 0.782 bits per heavy atom. The van der Waals surface area contributed by atoms with E-state index in [1.54, 1.807) is 0 Å². The first kappa shape index (κ1) is 42.6. The zero-order valence-corrected chi connectivity index (χ0v) is 35.3. The molecule has 0 aromatic heterocycles. The summed E-state index contributed by atoms with van der Waals surface area (Å²) in [5.74, 6) is 1.92. The standard InChI is InChI=1S/C20H33N3.C16H26N2.C12H18N2/c1-21-19-7-9-20(10-8-19)23-16-11-18(12-17-23)6-5-15-22-13-3-2-4-14-22;1-3-4-5-14-10-12-18(13-11-14)16-8-6-15(17-2)7-9-16;1-13-11-5-7-12(8-6-11)14-9-3-2-4-10-14/h7-10,18,21H,2-6,11-17H2,1H3;6-9,14,17H,3-5,10-13H2,1-2H3;5-8,13H,2-4,9-10H2,1H3. The molecule has 3 aromatic carbocycles. The van der Waals surface area contributed by atoms with Gasteiger partial charge in [0.15, 0.2) is 0 Å². The summed E-state index contributed by atoms with van der Waals surface area (Å²) < 4.78 is 0. The van der Waals surface area contributed by atoms with Gasteiger partial charge in [0.2, 0.25) is 0 Å². The Balaban J connectivity index is 0.000000163. The van der Waals surface area contributed by atoms with E-state index in [4.69, 9.17) is 0 Å². The van der Waals surface area contributed by atoms with Gasteiger partial charge in [-0.1, -0.05) is 32.6 Å². The molecule has 7 heteroatoms. The molecule has 4 aliphatic heterocycles. The molecule has 0 unspecified atom stereocenters. The molecule has 0 saturated carbocycles. The van der Waals surface area contributed by atoms with Gasteiger partial charge in [-0.05, 0) is 175 Å². The molecule has 4 fully saturated rings. The van der Waals surface area contributed by atoms with Crippen molar-refractivity contribution < 1.29 is 0 Å². The zero-order valence-electron chi connectivity index (χ0n) is 35.3. The van der Waals surface area contributed by atoms with Gasteiger partial charge >= 0.3 is 0 Å². The number of rotatable bonds is 13. The van der Waals surface area contributed by atoms with Crippen LogP contribution < -0.4 is 30.7 Å². The maximum Gasteiger partial charge on any atom is 0.0367 e. The van der Waals surface area contributed by atoms with Crippen molar-refractivity contribution in [2.24, 2.45) is 11.8 Å². The van der Waals surface area contributed by atoms with Crippen molar-refractivity contribution in [3.8, 4) is 0 Å². The van der Waals surface area contributed by atoms with Crippen LogP contribution in [0.1, 0.15) is 103 Å². The monoisotopic (exact) mass is 752 g/mol. The molecule has 4 heterocycles. The zero-order chi connectivity index (χ0) is 38.5. The summed E-state index contributed by atoms with van der Waals surface area (Å²) >= 11 is 0. The third kappa shape index (κ3) is 14.5. The maximum absolute atomic E-state index is 3.19. The molecule has 3 N–H and O–H groups in total.